The van der Waals surface area contributed by atoms with Crippen molar-refractivity contribution in [2.75, 3.05) is 0 Å². The fourth-order valence-corrected chi connectivity index (χ4v) is 1.58. The second kappa shape index (κ2) is 4.92. The summed E-state index contributed by atoms with van der Waals surface area (Å²) in [6.45, 7) is 9.57. The van der Waals surface area contributed by atoms with Crippen LogP contribution in [0.3, 0.4) is 0 Å². The van der Waals surface area contributed by atoms with E-state index in [9.17, 15) is 4.79 Å². The lowest BCUT2D eigenvalue weighted by Crippen LogP contribution is -2.58. The molecule has 88 valence electrons. The minimum atomic E-state index is -0.528. The number of hydrogen-bond acceptors (Lipinski definition) is 2. The van der Waals surface area contributed by atoms with E-state index in [-0.39, 0.29) is 5.91 Å². The molecule has 0 aromatic heterocycles. The Kier molecular flexibility index (Phi) is 4.71. The van der Waals surface area contributed by atoms with Gasteiger partial charge in [-0.05, 0) is 12.8 Å². The zero-order chi connectivity index (χ0) is 12.3. The third-order valence-corrected chi connectivity index (χ3v) is 3.10. The largest absolute Gasteiger partial charge is 0.391 e. The minimum Gasteiger partial charge on any atom is -0.391 e. The summed E-state index contributed by atoms with van der Waals surface area (Å²) in [5.74, 6) is -0.0148. The highest BCUT2D eigenvalue weighted by Crippen LogP contribution is 2.20. The van der Waals surface area contributed by atoms with Crippen molar-refractivity contribution >= 4 is 23.1 Å². The summed E-state index contributed by atoms with van der Waals surface area (Å²) in [7, 11) is 0. The molecule has 0 saturated heterocycles. The van der Waals surface area contributed by atoms with Crippen molar-refractivity contribution in [3.8, 4) is 0 Å². The van der Waals surface area contributed by atoms with Crippen LogP contribution in [0.4, 0.5) is 0 Å². The van der Waals surface area contributed by atoms with Gasteiger partial charge in [0.05, 0.1) is 10.5 Å². The highest BCUT2D eigenvalue weighted by Gasteiger charge is 2.34. The second-order valence-corrected chi connectivity index (χ2v) is 5.30. The first-order valence-electron chi connectivity index (χ1n) is 5.32. The van der Waals surface area contributed by atoms with Gasteiger partial charge in [0.15, 0.2) is 0 Å². The number of nitrogens with one attached hydrogen (secondary N) is 1. The normalized spacial score (nSPS) is 12.3. The molecule has 0 aliphatic carbocycles. The molecule has 0 bridgehead atoms. The molecule has 0 spiro atoms. The lowest BCUT2D eigenvalue weighted by molar-refractivity contribution is -0.129. The Balaban J connectivity index is 4.85. The number of carbonyl (C=O) groups excluding carboxylic acids is 1. The molecule has 0 radical (unpaired) electrons. The average molecular weight is 230 g/mol. The zero-order valence-electron chi connectivity index (χ0n) is 10.3. The third kappa shape index (κ3) is 3.45. The average Bonchev–Trinajstić information content (AvgIpc) is 2.11. The van der Waals surface area contributed by atoms with Gasteiger partial charge >= 0.3 is 0 Å². The first kappa shape index (κ1) is 14.4. The molecule has 0 unspecified atom stereocenters. The Hall–Kier alpha value is -0.640. The van der Waals surface area contributed by atoms with E-state index in [1.807, 2.05) is 34.6 Å². The van der Waals surface area contributed by atoms with Crippen molar-refractivity contribution in [2.45, 2.75) is 53.0 Å². The van der Waals surface area contributed by atoms with Crippen LogP contribution in [-0.2, 0) is 4.79 Å². The van der Waals surface area contributed by atoms with Gasteiger partial charge in [-0.3, -0.25) is 4.79 Å². The van der Waals surface area contributed by atoms with Crippen LogP contribution >= 0.6 is 12.2 Å². The summed E-state index contributed by atoms with van der Waals surface area (Å²) in [6.07, 6.45) is 1.45. The number of carbonyl (C=O) groups is 1. The standard InChI is InChI=1S/C11H22N2OS/c1-6-11(7-2,8(12)15)13-9(14)10(3,4)5/h6-7H2,1-5H3,(H2,12,15)(H,13,14). The van der Waals surface area contributed by atoms with E-state index in [0.29, 0.717) is 4.99 Å². The monoisotopic (exact) mass is 230 g/mol. The fourth-order valence-electron chi connectivity index (χ4n) is 1.24. The topological polar surface area (TPSA) is 55.1 Å². The molecule has 0 saturated carbocycles. The highest BCUT2D eigenvalue weighted by molar-refractivity contribution is 7.80. The van der Waals surface area contributed by atoms with Crippen LogP contribution in [0.1, 0.15) is 47.5 Å². The lowest BCUT2D eigenvalue weighted by atomic mass is 9.88. The van der Waals surface area contributed by atoms with E-state index in [4.69, 9.17) is 18.0 Å². The van der Waals surface area contributed by atoms with Crippen LogP contribution in [0.2, 0.25) is 0 Å². The van der Waals surface area contributed by atoms with Crippen molar-refractivity contribution in [3.63, 3.8) is 0 Å². The highest BCUT2D eigenvalue weighted by atomic mass is 32.1. The maximum Gasteiger partial charge on any atom is 0.226 e. The van der Waals surface area contributed by atoms with E-state index < -0.39 is 11.0 Å². The predicted octanol–water partition coefficient (Wildman–Crippen LogP) is 1.99. The summed E-state index contributed by atoms with van der Waals surface area (Å²) < 4.78 is 0. The van der Waals surface area contributed by atoms with E-state index in [1.54, 1.807) is 0 Å². The van der Waals surface area contributed by atoms with Crippen molar-refractivity contribution in [1.82, 2.24) is 5.32 Å². The molecule has 3 N–H and O–H groups in total. The summed E-state index contributed by atoms with van der Waals surface area (Å²) in [5.41, 5.74) is 4.76. The van der Waals surface area contributed by atoms with Crippen molar-refractivity contribution < 1.29 is 4.79 Å². The van der Waals surface area contributed by atoms with Gasteiger partial charge in [-0.2, -0.15) is 0 Å². The molecule has 0 aromatic rings. The number of thiocarbonyl (C=S) groups is 1. The van der Waals surface area contributed by atoms with E-state index in [2.05, 4.69) is 5.32 Å². The summed E-state index contributed by atoms with van der Waals surface area (Å²) in [6, 6.07) is 0. The van der Waals surface area contributed by atoms with Gasteiger partial charge in [-0.15, -0.1) is 0 Å². The molecular formula is C11H22N2OS. The minimum absolute atomic E-state index is 0.0148. The van der Waals surface area contributed by atoms with Gasteiger partial charge in [-0.25, -0.2) is 0 Å². The lowest BCUT2D eigenvalue weighted by Gasteiger charge is -2.34. The molecule has 0 aliphatic heterocycles. The number of rotatable bonds is 4. The van der Waals surface area contributed by atoms with Crippen LogP contribution in [0.15, 0.2) is 0 Å². The maximum absolute atomic E-state index is 11.9. The third-order valence-electron chi connectivity index (χ3n) is 2.71. The first-order chi connectivity index (χ1) is 6.69. The quantitative estimate of drug-likeness (QED) is 0.726. The van der Waals surface area contributed by atoms with Gasteiger partial charge in [0.2, 0.25) is 5.91 Å². The molecule has 0 heterocycles. The Bertz CT molecular complexity index is 252. The summed E-state index contributed by atoms with van der Waals surface area (Å²) in [4.78, 5) is 12.2. The van der Waals surface area contributed by atoms with Crippen molar-refractivity contribution in [2.24, 2.45) is 11.1 Å². The van der Waals surface area contributed by atoms with Gasteiger partial charge in [0.1, 0.15) is 0 Å². The Morgan fingerprint density at radius 3 is 1.87 bits per heavy atom. The first-order valence-corrected chi connectivity index (χ1v) is 5.73. The van der Waals surface area contributed by atoms with Crippen molar-refractivity contribution in [1.29, 1.82) is 0 Å². The molecule has 15 heavy (non-hydrogen) atoms. The van der Waals surface area contributed by atoms with Crippen LogP contribution in [-0.4, -0.2) is 16.4 Å². The van der Waals surface area contributed by atoms with Gasteiger partial charge in [0.25, 0.3) is 0 Å². The van der Waals surface area contributed by atoms with Gasteiger partial charge < -0.3 is 11.1 Å². The predicted molar refractivity (Wildman–Crippen MR) is 67.7 cm³/mol. The molecule has 1 amide bonds. The fraction of sp³-hybridized carbons (Fsp3) is 0.818. The summed E-state index contributed by atoms with van der Waals surface area (Å²) in [5, 5.41) is 2.96. The van der Waals surface area contributed by atoms with E-state index in [0.717, 1.165) is 12.8 Å². The molecule has 0 fully saturated rings. The summed E-state index contributed by atoms with van der Waals surface area (Å²) >= 11 is 5.03. The SMILES string of the molecule is CCC(CC)(NC(=O)C(C)(C)C)C(N)=S. The Morgan fingerprint density at radius 2 is 1.67 bits per heavy atom. The maximum atomic E-state index is 11.9. The van der Waals surface area contributed by atoms with Crippen LogP contribution in [0.25, 0.3) is 0 Å². The molecule has 0 atom stereocenters. The van der Waals surface area contributed by atoms with Crippen LogP contribution < -0.4 is 11.1 Å². The molecule has 0 rings (SSSR count). The number of hydrogen-bond donors (Lipinski definition) is 2. The number of nitrogens with two attached hydrogens (primary N) is 1. The van der Waals surface area contributed by atoms with Crippen molar-refractivity contribution in [3.05, 3.63) is 0 Å². The Labute approximate surface area is 97.8 Å². The Morgan fingerprint density at radius 1 is 1.27 bits per heavy atom. The van der Waals surface area contributed by atoms with Gasteiger partial charge in [-0.1, -0.05) is 46.8 Å². The van der Waals surface area contributed by atoms with Crippen LogP contribution in [0.5, 0.6) is 0 Å². The smallest absolute Gasteiger partial charge is 0.226 e. The molecular weight excluding hydrogens is 208 g/mol. The number of amides is 1. The zero-order valence-corrected chi connectivity index (χ0v) is 11.1. The van der Waals surface area contributed by atoms with E-state index in [1.165, 1.54) is 0 Å². The molecule has 0 aromatic carbocycles. The van der Waals surface area contributed by atoms with Gasteiger partial charge in [0, 0.05) is 5.41 Å². The molecule has 0 aliphatic rings. The second-order valence-electron chi connectivity index (χ2n) is 4.86. The van der Waals surface area contributed by atoms with Crippen LogP contribution in [0, 0.1) is 5.41 Å². The molecule has 4 heteroatoms. The molecule has 3 nitrogen and oxygen atoms in total. The van der Waals surface area contributed by atoms with E-state index >= 15 is 0 Å².